The summed E-state index contributed by atoms with van der Waals surface area (Å²) in [5.74, 6) is -2.88. The van der Waals surface area contributed by atoms with Gasteiger partial charge in [-0.15, -0.1) is 0 Å². The van der Waals surface area contributed by atoms with E-state index in [1.807, 2.05) is 6.07 Å². The molecule has 0 spiro atoms. The summed E-state index contributed by atoms with van der Waals surface area (Å²) in [6.07, 6.45) is 0.566. The van der Waals surface area contributed by atoms with E-state index in [-0.39, 0.29) is 24.8 Å². The monoisotopic (exact) mass is 295 g/mol. The van der Waals surface area contributed by atoms with Crippen LogP contribution < -0.4 is 11.1 Å². The number of halogens is 2. The van der Waals surface area contributed by atoms with Crippen molar-refractivity contribution < 1.29 is 18.4 Å². The van der Waals surface area contributed by atoms with Gasteiger partial charge in [-0.25, -0.2) is 8.78 Å². The van der Waals surface area contributed by atoms with Gasteiger partial charge in [0.15, 0.2) is 0 Å². The minimum atomic E-state index is -0.908. The number of primary amides is 1. The zero-order valence-electron chi connectivity index (χ0n) is 11.2. The molecule has 0 aliphatic carbocycles. The Morgan fingerprint density at radius 3 is 2.67 bits per heavy atom. The molecule has 21 heavy (non-hydrogen) atoms. The van der Waals surface area contributed by atoms with Crippen molar-refractivity contribution in [1.29, 1.82) is 5.26 Å². The molecular weight excluding hydrogens is 280 g/mol. The zero-order valence-corrected chi connectivity index (χ0v) is 11.2. The quantitative estimate of drug-likeness (QED) is 0.739. The molecule has 112 valence electrons. The second kappa shape index (κ2) is 7.94. The number of hydrogen-bond acceptors (Lipinski definition) is 3. The van der Waals surface area contributed by atoms with Gasteiger partial charge in [-0.1, -0.05) is 6.07 Å². The Morgan fingerprint density at radius 1 is 1.38 bits per heavy atom. The smallest absolute Gasteiger partial charge is 0.240 e. The van der Waals surface area contributed by atoms with Crippen LogP contribution in [0.5, 0.6) is 0 Å². The van der Waals surface area contributed by atoms with Crippen LogP contribution in [0.15, 0.2) is 18.2 Å². The standard InChI is InChI=1S/C14H15F2N3O2/c15-10-5-4-9(11(16)8-10)7-13(20)19-12(14(18)21)3-1-2-6-17/h4-5,8,12H,1-3,7H2,(H2,18,21)(H,19,20)/t12-/m0/s1. The van der Waals surface area contributed by atoms with Crippen LogP contribution in [0.2, 0.25) is 0 Å². The Bertz CT molecular complexity index is 570. The van der Waals surface area contributed by atoms with E-state index < -0.39 is 29.5 Å². The Kier molecular flexibility index (Phi) is 6.27. The Hall–Kier alpha value is -2.49. The highest BCUT2D eigenvalue weighted by atomic mass is 19.1. The molecule has 0 aliphatic heterocycles. The summed E-state index contributed by atoms with van der Waals surface area (Å²) in [6, 6.07) is 3.90. The molecule has 0 aromatic heterocycles. The van der Waals surface area contributed by atoms with Crippen molar-refractivity contribution in [1.82, 2.24) is 5.32 Å². The van der Waals surface area contributed by atoms with Crippen LogP contribution in [0.25, 0.3) is 0 Å². The fourth-order valence-corrected chi connectivity index (χ4v) is 1.75. The summed E-state index contributed by atoms with van der Waals surface area (Å²) in [6.45, 7) is 0. The molecule has 3 N–H and O–H groups in total. The molecule has 0 unspecified atom stereocenters. The second-order valence-corrected chi connectivity index (χ2v) is 4.49. The first-order valence-corrected chi connectivity index (χ1v) is 6.33. The van der Waals surface area contributed by atoms with Crippen LogP contribution in [0.4, 0.5) is 8.78 Å². The number of carbonyl (C=O) groups is 2. The third-order valence-corrected chi connectivity index (χ3v) is 2.83. The highest BCUT2D eigenvalue weighted by Crippen LogP contribution is 2.10. The first-order chi connectivity index (χ1) is 9.93. The average Bonchev–Trinajstić information content (AvgIpc) is 2.41. The minimum absolute atomic E-state index is 0.0224. The number of rotatable bonds is 7. The molecular formula is C14H15F2N3O2. The molecule has 7 heteroatoms. The number of nitrogens with two attached hydrogens (primary N) is 1. The molecule has 0 heterocycles. The third kappa shape index (κ3) is 5.57. The SMILES string of the molecule is N#CCCC[C@H](NC(=O)Cc1ccc(F)cc1F)C(N)=O. The topological polar surface area (TPSA) is 96.0 Å². The van der Waals surface area contributed by atoms with Crippen molar-refractivity contribution in [3.63, 3.8) is 0 Å². The third-order valence-electron chi connectivity index (χ3n) is 2.83. The van der Waals surface area contributed by atoms with Gasteiger partial charge < -0.3 is 11.1 Å². The van der Waals surface area contributed by atoms with Crippen LogP contribution >= 0.6 is 0 Å². The second-order valence-electron chi connectivity index (χ2n) is 4.49. The van der Waals surface area contributed by atoms with Crippen molar-refractivity contribution in [3.8, 4) is 6.07 Å². The average molecular weight is 295 g/mol. The van der Waals surface area contributed by atoms with Gasteiger partial charge in [0.1, 0.15) is 17.7 Å². The summed E-state index contributed by atoms with van der Waals surface area (Å²) < 4.78 is 26.2. The van der Waals surface area contributed by atoms with E-state index in [0.29, 0.717) is 12.5 Å². The highest BCUT2D eigenvalue weighted by molar-refractivity contribution is 5.87. The summed E-state index contributed by atoms with van der Waals surface area (Å²) in [7, 11) is 0. The lowest BCUT2D eigenvalue weighted by molar-refractivity contribution is -0.127. The number of nitrogens with one attached hydrogen (secondary N) is 1. The lowest BCUT2D eigenvalue weighted by atomic mass is 10.1. The summed E-state index contributed by atoms with van der Waals surface area (Å²) in [5.41, 5.74) is 5.17. The largest absolute Gasteiger partial charge is 0.368 e. The van der Waals surface area contributed by atoms with Gasteiger partial charge in [0.25, 0.3) is 0 Å². The number of hydrogen-bond donors (Lipinski definition) is 2. The van der Waals surface area contributed by atoms with Crippen LogP contribution in [0.3, 0.4) is 0 Å². The molecule has 5 nitrogen and oxygen atoms in total. The van der Waals surface area contributed by atoms with E-state index in [2.05, 4.69) is 5.32 Å². The summed E-state index contributed by atoms with van der Waals surface area (Å²) >= 11 is 0. The predicted octanol–water partition coefficient (Wildman–Crippen LogP) is 1.17. The van der Waals surface area contributed by atoms with Crippen LogP contribution in [-0.2, 0) is 16.0 Å². The van der Waals surface area contributed by atoms with Crippen molar-refractivity contribution in [2.75, 3.05) is 0 Å². The lowest BCUT2D eigenvalue weighted by Crippen LogP contribution is -2.45. The van der Waals surface area contributed by atoms with Gasteiger partial charge >= 0.3 is 0 Å². The molecule has 0 saturated carbocycles. The molecule has 1 aromatic carbocycles. The minimum Gasteiger partial charge on any atom is -0.368 e. The van der Waals surface area contributed by atoms with E-state index in [9.17, 15) is 18.4 Å². The molecule has 0 radical (unpaired) electrons. The van der Waals surface area contributed by atoms with Gasteiger partial charge in [-0.2, -0.15) is 5.26 Å². The van der Waals surface area contributed by atoms with Gasteiger partial charge in [0, 0.05) is 12.5 Å². The maximum absolute atomic E-state index is 13.4. The molecule has 0 bridgehead atoms. The molecule has 0 aliphatic rings. The zero-order chi connectivity index (χ0) is 15.8. The van der Waals surface area contributed by atoms with E-state index in [0.717, 1.165) is 6.07 Å². The Morgan fingerprint density at radius 2 is 2.10 bits per heavy atom. The number of nitrogens with zero attached hydrogens (tertiary/aromatic N) is 1. The fraction of sp³-hybridized carbons (Fsp3) is 0.357. The summed E-state index contributed by atoms with van der Waals surface area (Å²) in [5, 5.41) is 10.8. The summed E-state index contributed by atoms with van der Waals surface area (Å²) in [4.78, 5) is 22.9. The maximum atomic E-state index is 13.4. The van der Waals surface area contributed by atoms with Crippen molar-refractivity contribution >= 4 is 11.8 Å². The van der Waals surface area contributed by atoms with Crippen molar-refractivity contribution in [2.24, 2.45) is 5.73 Å². The molecule has 2 amide bonds. The maximum Gasteiger partial charge on any atom is 0.240 e. The predicted molar refractivity (Wildman–Crippen MR) is 70.7 cm³/mol. The van der Waals surface area contributed by atoms with Gasteiger partial charge in [0.2, 0.25) is 11.8 Å². The number of nitriles is 1. The first-order valence-electron chi connectivity index (χ1n) is 6.33. The Balaban J connectivity index is 2.61. The number of benzene rings is 1. The number of carbonyl (C=O) groups excluding carboxylic acids is 2. The van der Waals surface area contributed by atoms with Crippen LogP contribution in [0.1, 0.15) is 24.8 Å². The van der Waals surface area contributed by atoms with Gasteiger partial charge in [-0.3, -0.25) is 9.59 Å². The molecule has 0 saturated heterocycles. The van der Waals surface area contributed by atoms with Crippen LogP contribution in [-0.4, -0.2) is 17.9 Å². The van der Waals surface area contributed by atoms with Gasteiger partial charge in [0.05, 0.1) is 12.5 Å². The number of unbranched alkanes of at least 4 members (excludes halogenated alkanes) is 1. The highest BCUT2D eigenvalue weighted by Gasteiger charge is 2.18. The van der Waals surface area contributed by atoms with E-state index >= 15 is 0 Å². The van der Waals surface area contributed by atoms with Gasteiger partial charge in [-0.05, 0) is 24.5 Å². The molecule has 0 fully saturated rings. The first kappa shape index (κ1) is 16.6. The van der Waals surface area contributed by atoms with Crippen molar-refractivity contribution in [3.05, 3.63) is 35.4 Å². The van der Waals surface area contributed by atoms with Crippen molar-refractivity contribution in [2.45, 2.75) is 31.7 Å². The van der Waals surface area contributed by atoms with E-state index in [1.165, 1.54) is 6.07 Å². The normalized spacial score (nSPS) is 11.5. The molecule has 1 rings (SSSR count). The number of amides is 2. The van der Waals surface area contributed by atoms with E-state index in [1.54, 1.807) is 0 Å². The fourth-order valence-electron chi connectivity index (χ4n) is 1.75. The lowest BCUT2D eigenvalue weighted by Gasteiger charge is -2.15. The Labute approximate surface area is 120 Å². The molecule has 1 atom stereocenters. The molecule has 1 aromatic rings. The van der Waals surface area contributed by atoms with Crippen LogP contribution in [0, 0.1) is 23.0 Å². The van der Waals surface area contributed by atoms with E-state index in [4.69, 9.17) is 11.0 Å².